The number of nitrogens with zero attached hydrogens (tertiary/aromatic N) is 2. The first-order chi connectivity index (χ1) is 12.8. The second kappa shape index (κ2) is 9.78. The van der Waals surface area contributed by atoms with E-state index in [1.165, 1.54) is 5.56 Å². The van der Waals surface area contributed by atoms with Gasteiger partial charge >= 0.3 is 0 Å². The highest BCUT2D eigenvalue weighted by molar-refractivity contribution is 5.76. The van der Waals surface area contributed by atoms with E-state index in [1.807, 2.05) is 41.3 Å². The molecule has 0 bridgehead atoms. The first kappa shape index (κ1) is 18.2. The van der Waals surface area contributed by atoms with Gasteiger partial charge < -0.3 is 10.2 Å². The SMILES string of the molecule is O=C(CCNc1ccccc1)N1CCN(C/C=C/c2ccccc2)CC1. The fraction of sp³-hybridized carbons (Fsp3) is 0.318. The van der Waals surface area contributed by atoms with Crippen LogP contribution in [0.1, 0.15) is 12.0 Å². The second-order valence-corrected chi connectivity index (χ2v) is 6.54. The molecule has 0 unspecified atom stereocenters. The molecule has 1 amide bonds. The zero-order chi connectivity index (χ0) is 18.0. The highest BCUT2D eigenvalue weighted by atomic mass is 16.2. The first-order valence-electron chi connectivity index (χ1n) is 9.32. The number of para-hydroxylation sites is 1. The molecule has 1 heterocycles. The van der Waals surface area contributed by atoms with Crippen molar-refractivity contribution in [3.05, 3.63) is 72.3 Å². The number of benzene rings is 2. The standard InChI is InChI=1S/C22H27N3O/c26-22(13-14-23-21-11-5-2-6-12-21)25-18-16-24(17-19-25)15-7-10-20-8-3-1-4-9-20/h1-12,23H,13-19H2/b10-7+. The summed E-state index contributed by atoms with van der Waals surface area (Å²) in [5, 5.41) is 3.30. The lowest BCUT2D eigenvalue weighted by atomic mass is 10.2. The molecule has 0 spiro atoms. The Morgan fingerprint density at radius 3 is 2.27 bits per heavy atom. The van der Waals surface area contributed by atoms with Crippen molar-refractivity contribution in [2.24, 2.45) is 0 Å². The molecule has 1 aliphatic rings. The van der Waals surface area contributed by atoms with Crippen LogP contribution in [0, 0.1) is 0 Å². The Morgan fingerprint density at radius 2 is 1.58 bits per heavy atom. The van der Waals surface area contributed by atoms with Gasteiger partial charge in [0.25, 0.3) is 0 Å². The van der Waals surface area contributed by atoms with Gasteiger partial charge in [-0.15, -0.1) is 0 Å². The molecule has 1 aliphatic heterocycles. The molecule has 1 N–H and O–H groups in total. The van der Waals surface area contributed by atoms with Gasteiger partial charge in [-0.25, -0.2) is 0 Å². The molecular weight excluding hydrogens is 322 g/mol. The maximum absolute atomic E-state index is 12.3. The molecule has 26 heavy (non-hydrogen) atoms. The van der Waals surface area contributed by atoms with Crippen molar-refractivity contribution in [3.8, 4) is 0 Å². The largest absolute Gasteiger partial charge is 0.385 e. The summed E-state index contributed by atoms with van der Waals surface area (Å²) in [4.78, 5) is 16.7. The van der Waals surface area contributed by atoms with Crippen LogP contribution in [-0.4, -0.2) is 55.0 Å². The minimum absolute atomic E-state index is 0.243. The lowest BCUT2D eigenvalue weighted by Crippen LogP contribution is -2.48. The molecule has 2 aromatic rings. The van der Waals surface area contributed by atoms with Crippen LogP contribution in [0.4, 0.5) is 5.69 Å². The van der Waals surface area contributed by atoms with Gasteiger partial charge in [0, 0.05) is 51.4 Å². The molecule has 1 fully saturated rings. The van der Waals surface area contributed by atoms with Crippen LogP contribution in [0.3, 0.4) is 0 Å². The zero-order valence-electron chi connectivity index (χ0n) is 15.2. The van der Waals surface area contributed by atoms with Crippen LogP contribution in [0.15, 0.2) is 66.7 Å². The Labute approximate surface area is 156 Å². The van der Waals surface area contributed by atoms with E-state index in [9.17, 15) is 4.79 Å². The molecule has 4 heteroatoms. The van der Waals surface area contributed by atoms with Crippen molar-refractivity contribution in [1.29, 1.82) is 0 Å². The molecule has 2 aromatic carbocycles. The summed E-state index contributed by atoms with van der Waals surface area (Å²) in [7, 11) is 0. The minimum Gasteiger partial charge on any atom is -0.385 e. The number of carbonyl (C=O) groups is 1. The maximum atomic E-state index is 12.3. The number of amides is 1. The molecule has 3 rings (SSSR count). The van der Waals surface area contributed by atoms with E-state index in [0.717, 1.165) is 38.4 Å². The van der Waals surface area contributed by atoms with Crippen LogP contribution in [-0.2, 0) is 4.79 Å². The molecule has 0 atom stereocenters. The first-order valence-corrected chi connectivity index (χ1v) is 9.32. The quantitative estimate of drug-likeness (QED) is 0.833. The van der Waals surface area contributed by atoms with Crippen LogP contribution in [0.5, 0.6) is 0 Å². The van der Waals surface area contributed by atoms with Gasteiger partial charge in [0.15, 0.2) is 0 Å². The van der Waals surface area contributed by atoms with Crippen LogP contribution >= 0.6 is 0 Å². The van der Waals surface area contributed by atoms with E-state index < -0.39 is 0 Å². The number of rotatable bonds is 7. The molecule has 4 nitrogen and oxygen atoms in total. The number of anilines is 1. The summed E-state index contributed by atoms with van der Waals surface area (Å²) in [5.41, 5.74) is 2.29. The fourth-order valence-corrected chi connectivity index (χ4v) is 3.11. The van der Waals surface area contributed by atoms with Gasteiger partial charge in [-0.1, -0.05) is 60.7 Å². The van der Waals surface area contributed by atoms with Gasteiger partial charge in [-0.2, -0.15) is 0 Å². The van der Waals surface area contributed by atoms with E-state index in [4.69, 9.17) is 0 Å². The maximum Gasteiger partial charge on any atom is 0.224 e. The fourth-order valence-electron chi connectivity index (χ4n) is 3.11. The molecule has 1 saturated heterocycles. The molecule has 0 saturated carbocycles. The van der Waals surface area contributed by atoms with Gasteiger partial charge in [0.05, 0.1) is 0 Å². The lowest BCUT2D eigenvalue weighted by molar-refractivity contribution is -0.132. The zero-order valence-corrected chi connectivity index (χ0v) is 15.2. The summed E-state index contributed by atoms with van der Waals surface area (Å²) in [6.07, 6.45) is 4.91. The minimum atomic E-state index is 0.243. The second-order valence-electron chi connectivity index (χ2n) is 6.54. The van der Waals surface area contributed by atoms with Gasteiger partial charge in [0.1, 0.15) is 0 Å². The summed E-state index contributed by atoms with van der Waals surface area (Å²) in [6.45, 7) is 5.15. The van der Waals surface area contributed by atoms with E-state index >= 15 is 0 Å². The summed E-state index contributed by atoms with van der Waals surface area (Å²) in [5.74, 6) is 0.243. The van der Waals surface area contributed by atoms with E-state index in [2.05, 4.69) is 46.6 Å². The van der Waals surface area contributed by atoms with Gasteiger partial charge in [0.2, 0.25) is 5.91 Å². The third-order valence-electron chi connectivity index (χ3n) is 4.64. The monoisotopic (exact) mass is 349 g/mol. The van der Waals surface area contributed by atoms with Crippen LogP contribution in [0.2, 0.25) is 0 Å². The predicted molar refractivity (Wildman–Crippen MR) is 108 cm³/mol. The number of nitrogens with one attached hydrogen (secondary N) is 1. The highest BCUT2D eigenvalue weighted by Gasteiger charge is 2.19. The molecule has 0 aliphatic carbocycles. The van der Waals surface area contributed by atoms with E-state index in [1.54, 1.807) is 0 Å². The Morgan fingerprint density at radius 1 is 0.923 bits per heavy atom. The van der Waals surface area contributed by atoms with Crippen LogP contribution in [0.25, 0.3) is 6.08 Å². The number of carbonyl (C=O) groups excluding carboxylic acids is 1. The topological polar surface area (TPSA) is 35.6 Å². The Balaban J connectivity index is 1.34. The van der Waals surface area contributed by atoms with Crippen molar-refractivity contribution in [3.63, 3.8) is 0 Å². The molecule has 136 valence electrons. The Bertz CT molecular complexity index is 692. The van der Waals surface area contributed by atoms with Crippen molar-refractivity contribution < 1.29 is 4.79 Å². The van der Waals surface area contributed by atoms with E-state index in [0.29, 0.717) is 13.0 Å². The van der Waals surface area contributed by atoms with Crippen molar-refractivity contribution in [2.45, 2.75) is 6.42 Å². The van der Waals surface area contributed by atoms with E-state index in [-0.39, 0.29) is 5.91 Å². The average Bonchev–Trinajstić information content (AvgIpc) is 2.70. The van der Waals surface area contributed by atoms with Gasteiger partial charge in [-0.3, -0.25) is 9.69 Å². The highest BCUT2D eigenvalue weighted by Crippen LogP contribution is 2.08. The number of hydrogen-bond donors (Lipinski definition) is 1. The molecule has 0 aromatic heterocycles. The van der Waals surface area contributed by atoms with Crippen molar-refractivity contribution >= 4 is 17.7 Å². The lowest BCUT2D eigenvalue weighted by Gasteiger charge is -2.34. The predicted octanol–water partition coefficient (Wildman–Crippen LogP) is 3.35. The Hall–Kier alpha value is -2.59. The molecular formula is C22H27N3O. The number of hydrogen-bond acceptors (Lipinski definition) is 3. The third kappa shape index (κ3) is 5.74. The van der Waals surface area contributed by atoms with Crippen molar-refractivity contribution in [2.75, 3.05) is 44.6 Å². The smallest absolute Gasteiger partial charge is 0.224 e. The third-order valence-corrected chi connectivity index (χ3v) is 4.64. The summed E-state index contributed by atoms with van der Waals surface area (Å²) < 4.78 is 0. The Kier molecular flexibility index (Phi) is 6.85. The summed E-state index contributed by atoms with van der Waals surface area (Å²) >= 11 is 0. The molecule has 0 radical (unpaired) electrons. The summed E-state index contributed by atoms with van der Waals surface area (Å²) in [6, 6.07) is 20.4. The van der Waals surface area contributed by atoms with Gasteiger partial charge in [-0.05, 0) is 17.7 Å². The normalized spacial score (nSPS) is 15.3. The van der Waals surface area contributed by atoms with Crippen molar-refractivity contribution in [1.82, 2.24) is 9.80 Å². The average molecular weight is 349 g/mol. The van der Waals surface area contributed by atoms with Crippen LogP contribution < -0.4 is 5.32 Å². The number of piperazine rings is 1.